The molecule has 1 aromatic heterocycles. The fourth-order valence-electron chi connectivity index (χ4n) is 2.77. The third-order valence-corrected chi connectivity index (χ3v) is 6.55. The maximum Gasteiger partial charge on any atom is 0.241 e. The summed E-state index contributed by atoms with van der Waals surface area (Å²) in [5.41, 5.74) is 0. The molecule has 1 aliphatic heterocycles. The van der Waals surface area contributed by atoms with E-state index in [4.69, 9.17) is 0 Å². The maximum absolute atomic E-state index is 12.5. The zero-order valence-electron chi connectivity index (χ0n) is 13.0. The average Bonchev–Trinajstić information content (AvgIpc) is 2.99. The molecule has 1 aromatic rings. The Bertz CT molecular complexity index is 563. The second-order valence-electron chi connectivity index (χ2n) is 5.69. The Labute approximate surface area is 131 Å². The number of hydrogen-bond acceptors (Lipinski definition) is 5. The van der Waals surface area contributed by atoms with E-state index in [0.29, 0.717) is 11.4 Å². The SMILES string of the molecule is CNCc1cc(S(=O)(=O)NC(C)CN2CCCC2)c(C)s1. The first-order valence-corrected chi connectivity index (χ1v) is 9.71. The molecule has 0 bridgehead atoms. The van der Waals surface area contributed by atoms with Crippen molar-refractivity contribution in [3.63, 3.8) is 0 Å². The molecule has 0 spiro atoms. The Morgan fingerprint density at radius 3 is 2.67 bits per heavy atom. The average molecular weight is 332 g/mol. The largest absolute Gasteiger partial charge is 0.315 e. The summed E-state index contributed by atoms with van der Waals surface area (Å²) >= 11 is 1.53. The fourth-order valence-corrected chi connectivity index (χ4v) is 5.65. The van der Waals surface area contributed by atoms with Crippen molar-refractivity contribution >= 4 is 21.4 Å². The van der Waals surface area contributed by atoms with Gasteiger partial charge in [0.15, 0.2) is 0 Å². The van der Waals surface area contributed by atoms with Gasteiger partial charge in [-0.25, -0.2) is 13.1 Å². The Morgan fingerprint density at radius 2 is 2.05 bits per heavy atom. The molecule has 0 aromatic carbocycles. The smallest absolute Gasteiger partial charge is 0.241 e. The van der Waals surface area contributed by atoms with Crippen LogP contribution in [0.15, 0.2) is 11.0 Å². The van der Waals surface area contributed by atoms with Crippen LogP contribution in [0.5, 0.6) is 0 Å². The third-order valence-electron chi connectivity index (χ3n) is 3.65. The van der Waals surface area contributed by atoms with Crippen LogP contribution in [-0.4, -0.2) is 46.0 Å². The number of thiophene rings is 1. The van der Waals surface area contributed by atoms with Crippen LogP contribution in [0.4, 0.5) is 0 Å². The van der Waals surface area contributed by atoms with Crippen molar-refractivity contribution in [3.05, 3.63) is 15.8 Å². The number of nitrogens with one attached hydrogen (secondary N) is 2. The lowest BCUT2D eigenvalue weighted by Gasteiger charge is -2.21. The molecule has 7 heteroatoms. The van der Waals surface area contributed by atoms with Gasteiger partial charge in [0, 0.05) is 28.9 Å². The van der Waals surface area contributed by atoms with Crippen LogP contribution in [0.1, 0.15) is 29.5 Å². The van der Waals surface area contributed by atoms with E-state index in [1.54, 1.807) is 6.07 Å². The molecule has 1 fully saturated rings. The molecule has 2 rings (SSSR count). The van der Waals surface area contributed by atoms with Gasteiger partial charge in [-0.1, -0.05) is 0 Å². The van der Waals surface area contributed by atoms with Crippen molar-refractivity contribution in [1.82, 2.24) is 14.9 Å². The minimum Gasteiger partial charge on any atom is -0.315 e. The van der Waals surface area contributed by atoms with Crippen LogP contribution in [0.25, 0.3) is 0 Å². The quantitative estimate of drug-likeness (QED) is 0.796. The van der Waals surface area contributed by atoms with Crippen LogP contribution >= 0.6 is 11.3 Å². The first kappa shape index (κ1) is 16.9. The van der Waals surface area contributed by atoms with Crippen molar-refractivity contribution < 1.29 is 8.42 Å². The van der Waals surface area contributed by atoms with Crippen LogP contribution in [0.2, 0.25) is 0 Å². The monoisotopic (exact) mass is 331 g/mol. The topological polar surface area (TPSA) is 61.4 Å². The van der Waals surface area contributed by atoms with E-state index in [0.717, 1.165) is 29.4 Å². The standard InChI is InChI=1S/C14H25N3O2S2/c1-11(10-17-6-4-5-7-17)16-21(18,19)14-8-13(9-15-3)20-12(14)2/h8,11,15-16H,4-7,9-10H2,1-3H3. The predicted molar refractivity (Wildman–Crippen MR) is 87.3 cm³/mol. The van der Waals surface area contributed by atoms with Gasteiger partial charge in [0.25, 0.3) is 0 Å². The van der Waals surface area contributed by atoms with Crippen molar-refractivity contribution in [2.24, 2.45) is 0 Å². The fraction of sp³-hybridized carbons (Fsp3) is 0.714. The van der Waals surface area contributed by atoms with E-state index in [1.165, 1.54) is 24.2 Å². The molecule has 2 heterocycles. The van der Waals surface area contributed by atoms with E-state index in [-0.39, 0.29) is 6.04 Å². The second kappa shape index (κ2) is 7.19. The number of hydrogen-bond donors (Lipinski definition) is 2. The highest BCUT2D eigenvalue weighted by Gasteiger charge is 2.23. The molecule has 0 amide bonds. The van der Waals surface area contributed by atoms with Gasteiger partial charge in [0.1, 0.15) is 0 Å². The lowest BCUT2D eigenvalue weighted by atomic mass is 10.3. The minimum atomic E-state index is -3.42. The summed E-state index contributed by atoms with van der Waals surface area (Å²) in [5.74, 6) is 0. The number of aryl methyl sites for hydroxylation is 1. The molecule has 120 valence electrons. The van der Waals surface area contributed by atoms with Gasteiger partial charge in [-0.15, -0.1) is 11.3 Å². The van der Waals surface area contributed by atoms with Gasteiger partial charge in [-0.3, -0.25) is 0 Å². The molecule has 1 aliphatic rings. The zero-order chi connectivity index (χ0) is 15.5. The van der Waals surface area contributed by atoms with Crippen LogP contribution in [0.3, 0.4) is 0 Å². The molecule has 5 nitrogen and oxygen atoms in total. The molecule has 1 atom stereocenters. The summed E-state index contributed by atoms with van der Waals surface area (Å²) in [6, 6.07) is 1.71. The van der Waals surface area contributed by atoms with E-state index >= 15 is 0 Å². The Hall–Kier alpha value is -0.470. The van der Waals surface area contributed by atoms with Crippen molar-refractivity contribution in [3.8, 4) is 0 Å². The van der Waals surface area contributed by atoms with E-state index < -0.39 is 10.0 Å². The molecule has 2 N–H and O–H groups in total. The molecule has 0 aliphatic carbocycles. The Morgan fingerprint density at radius 1 is 1.38 bits per heavy atom. The summed E-state index contributed by atoms with van der Waals surface area (Å²) in [6.45, 7) is 7.44. The molecule has 0 saturated carbocycles. The highest BCUT2D eigenvalue weighted by atomic mass is 32.2. The van der Waals surface area contributed by atoms with E-state index in [9.17, 15) is 8.42 Å². The lowest BCUT2D eigenvalue weighted by Crippen LogP contribution is -2.41. The molecular formula is C14H25N3O2S2. The van der Waals surface area contributed by atoms with Crippen molar-refractivity contribution in [2.45, 2.75) is 44.2 Å². The highest BCUT2D eigenvalue weighted by molar-refractivity contribution is 7.89. The summed E-state index contributed by atoms with van der Waals surface area (Å²) in [5, 5.41) is 3.05. The normalized spacial score (nSPS) is 18.2. The van der Waals surface area contributed by atoms with Crippen LogP contribution in [-0.2, 0) is 16.6 Å². The predicted octanol–water partition coefficient (Wildman–Crippen LogP) is 1.54. The Balaban J connectivity index is 2.03. The number of likely N-dealkylation sites (tertiary alicyclic amines) is 1. The molecular weight excluding hydrogens is 306 g/mol. The first-order valence-electron chi connectivity index (χ1n) is 7.41. The number of rotatable bonds is 7. The zero-order valence-corrected chi connectivity index (χ0v) is 14.6. The van der Waals surface area contributed by atoms with Gasteiger partial charge in [-0.05, 0) is 52.9 Å². The van der Waals surface area contributed by atoms with Gasteiger partial charge in [0.05, 0.1) is 4.90 Å². The molecule has 0 radical (unpaired) electrons. The summed E-state index contributed by atoms with van der Waals surface area (Å²) in [7, 11) is -1.56. The van der Waals surface area contributed by atoms with Crippen LogP contribution < -0.4 is 10.0 Å². The van der Waals surface area contributed by atoms with Gasteiger partial charge in [0.2, 0.25) is 10.0 Å². The second-order valence-corrected chi connectivity index (χ2v) is 8.72. The summed E-state index contributed by atoms with van der Waals surface area (Å²) in [6.07, 6.45) is 2.44. The maximum atomic E-state index is 12.5. The van der Waals surface area contributed by atoms with Crippen molar-refractivity contribution in [1.29, 1.82) is 0 Å². The van der Waals surface area contributed by atoms with Crippen LogP contribution in [0, 0.1) is 6.92 Å². The van der Waals surface area contributed by atoms with Gasteiger partial charge in [-0.2, -0.15) is 0 Å². The highest BCUT2D eigenvalue weighted by Crippen LogP contribution is 2.25. The summed E-state index contributed by atoms with van der Waals surface area (Å²) < 4.78 is 27.8. The third kappa shape index (κ3) is 4.50. The lowest BCUT2D eigenvalue weighted by molar-refractivity contribution is 0.313. The van der Waals surface area contributed by atoms with E-state index in [1.807, 2.05) is 20.9 Å². The van der Waals surface area contributed by atoms with Gasteiger partial charge >= 0.3 is 0 Å². The number of sulfonamides is 1. The molecule has 1 unspecified atom stereocenters. The Kier molecular flexibility index (Phi) is 5.79. The molecule has 21 heavy (non-hydrogen) atoms. The summed E-state index contributed by atoms with van der Waals surface area (Å²) in [4.78, 5) is 4.63. The van der Waals surface area contributed by atoms with Crippen molar-refractivity contribution in [2.75, 3.05) is 26.7 Å². The van der Waals surface area contributed by atoms with Gasteiger partial charge < -0.3 is 10.2 Å². The molecule has 1 saturated heterocycles. The minimum absolute atomic E-state index is 0.0693. The first-order chi connectivity index (χ1) is 9.92. The number of nitrogens with zero attached hydrogens (tertiary/aromatic N) is 1. The van der Waals surface area contributed by atoms with E-state index in [2.05, 4.69) is 14.9 Å².